The summed E-state index contributed by atoms with van der Waals surface area (Å²) in [6.45, 7) is 7.56. The number of piperidine rings is 2. The summed E-state index contributed by atoms with van der Waals surface area (Å²) in [4.78, 5) is 90.3. The number of ether oxygens (including phenoxy) is 2. The number of aryl methyl sites for hydroxylation is 2. The van der Waals surface area contributed by atoms with Gasteiger partial charge in [-0.2, -0.15) is 5.26 Å². The SMILES string of the molecule is CC(=O)N(CC1CCN(c2cnc(C(=O)NC3CCC(Oc4cc(C)c(C#N)c(C)c4)CC3)cn2)CC1)C1CC(Oc2ccc3c(c2)C(=O)N([C@@H]2CCC(=O)NC2=O)C3=O)C1. The number of aromatic nitrogens is 2. The van der Waals surface area contributed by atoms with Crippen molar-refractivity contribution in [3.63, 3.8) is 0 Å². The van der Waals surface area contributed by atoms with Gasteiger partial charge in [-0.15, -0.1) is 0 Å². The molecule has 4 heterocycles. The van der Waals surface area contributed by atoms with Crippen LogP contribution in [0.4, 0.5) is 5.82 Å². The van der Waals surface area contributed by atoms with Crippen molar-refractivity contribution >= 4 is 41.3 Å². The molecule has 2 saturated carbocycles. The number of carbonyl (C=O) groups is 6. The van der Waals surface area contributed by atoms with E-state index < -0.39 is 29.7 Å². The Bertz CT molecular complexity index is 2260. The minimum absolute atomic E-state index is 0.00965. The van der Waals surface area contributed by atoms with Gasteiger partial charge >= 0.3 is 0 Å². The Morgan fingerprint density at radius 3 is 2.20 bits per heavy atom. The van der Waals surface area contributed by atoms with Crippen molar-refractivity contribution in [1.29, 1.82) is 5.26 Å². The maximum atomic E-state index is 13.2. The third-order valence-corrected chi connectivity index (χ3v) is 12.8. The van der Waals surface area contributed by atoms with Crippen LogP contribution in [0.15, 0.2) is 42.7 Å². The summed E-state index contributed by atoms with van der Waals surface area (Å²) in [6.07, 6.45) is 9.42. The largest absolute Gasteiger partial charge is 0.490 e. The monoisotopic (exact) mass is 830 g/mol. The molecule has 0 bridgehead atoms. The van der Waals surface area contributed by atoms with Gasteiger partial charge in [0.2, 0.25) is 17.7 Å². The molecular weight excluding hydrogens is 781 g/mol. The molecule has 318 valence electrons. The number of nitrogens with one attached hydrogen (secondary N) is 2. The van der Waals surface area contributed by atoms with Crippen LogP contribution in [0, 0.1) is 31.1 Å². The molecule has 5 aliphatic rings. The lowest BCUT2D eigenvalue weighted by Gasteiger charge is -2.44. The first-order chi connectivity index (χ1) is 29.3. The molecule has 0 radical (unpaired) electrons. The molecule has 1 aromatic heterocycles. The second-order valence-corrected chi connectivity index (χ2v) is 17.0. The van der Waals surface area contributed by atoms with Gasteiger partial charge in [0.25, 0.3) is 17.7 Å². The van der Waals surface area contributed by atoms with Gasteiger partial charge in [0, 0.05) is 57.9 Å². The minimum atomic E-state index is -1.03. The summed E-state index contributed by atoms with van der Waals surface area (Å²) < 4.78 is 12.4. The Kier molecular flexibility index (Phi) is 11.7. The first-order valence-corrected chi connectivity index (χ1v) is 21.2. The molecule has 8 rings (SSSR count). The summed E-state index contributed by atoms with van der Waals surface area (Å²) >= 11 is 0. The number of hydrogen-bond acceptors (Lipinski definition) is 12. The van der Waals surface area contributed by atoms with Crippen LogP contribution in [0.1, 0.15) is 119 Å². The highest BCUT2D eigenvalue weighted by Gasteiger charge is 2.45. The van der Waals surface area contributed by atoms with Gasteiger partial charge < -0.3 is 24.6 Å². The molecule has 2 N–H and O–H groups in total. The lowest BCUT2D eigenvalue weighted by Crippen LogP contribution is -2.54. The summed E-state index contributed by atoms with van der Waals surface area (Å²) in [5.74, 6) is -0.246. The lowest BCUT2D eigenvalue weighted by atomic mass is 9.86. The first-order valence-electron chi connectivity index (χ1n) is 21.2. The van der Waals surface area contributed by atoms with E-state index in [2.05, 4.69) is 31.6 Å². The number of rotatable bonds is 11. The third-order valence-electron chi connectivity index (χ3n) is 12.8. The van der Waals surface area contributed by atoms with E-state index in [0.717, 1.165) is 73.4 Å². The van der Waals surface area contributed by atoms with Crippen LogP contribution in [0.2, 0.25) is 0 Å². The van der Waals surface area contributed by atoms with Crippen LogP contribution in [-0.2, 0) is 14.4 Å². The Morgan fingerprint density at radius 1 is 0.869 bits per heavy atom. The van der Waals surface area contributed by atoms with Crippen LogP contribution < -0.4 is 25.0 Å². The van der Waals surface area contributed by atoms with Crippen LogP contribution in [0.5, 0.6) is 11.5 Å². The number of anilines is 1. The van der Waals surface area contributed by atoms with E-state index >= 15 is 0 Å². The Morgan fingerprint density at radius 2 is 1.56 bits per heavy atom. The quantitative estimate of drug-likeness (QED) is 0.262. The van der Waals surface area contributed by atoms with Gasteiger partial charge in [-0.05, 0) is 106 Å². The third kappa shape index (κ3) is 8.78. The number of carbonyl (C=O) groups excluding carboxylic acids is 6. The lowest BCUT2D eigenvalue weighted by molar-refractivity contribution is -0.137. The second kappa shape index (κ2) is 17.3. The highest BCUT2D eigenvalue weighted by Crippen LogP contribution is 2.35. The Labute approximate surface area is 354 Å². The highest BCUT2D eigenvalue weighted by atomic mass is 16.5. The van der Waals surface area contributed by atoms with Crippen molar-refractivity contribution in [2.24, 2.45) is 5.92 Å². The molecule has 0 spiro atoms. The second-order valence-electron chi connectivity index (χ2n) is 17.0. The summed E-state index contributed by atoms with van der Waals surface area (Å²) in [5.41, 5.74) is 3.12. The molecule has 2 saturated heterocycles. The molecule has 6 amide bonds. The Hall–Kier alpha value is -6.37. The first kappa shape index (κ1) is 41.4. The molecule has 3 aliphatic heterocycles. The maximum absolute atomic E-state index is 13.2. The van der Waals surface area contributed by atoms with Crippen molar-refractivity contribution in [2.75, 3.05) is 24.5 Å². The maximum Gasteiger partial charge on any atom is 0.271 e. The van der Waals surface area contributed by atoms with Crippen LogP contribution in [0.25, 0.3) is 0 Å². The number of fused-ring (bicyclic) bond motifs is 1. The van der Waals surface area contributed by atoms with Gasteiger partial charge in [-0.3, -0.25) is 39.0 Å². The molecule has 16 heteroatoms. The molecule has 61 heavy (non-hydrogen) atoms. The molecular formula is C45H50N8O8. The van der Waals surface area contributed by atoms with E-state index in [0.29, 0.717) is 42.4 Å². The van der Waals surface area contributed by atoms with Gasteiger partial charge in [0.1, 0.15) is 35.2 Å². The number of nitrogens with zero attached hydrogens (tertiary/aromatic N) is 6. The van der Waals surface area contributed by atoms with Crippen molar-refractivity contribution in [2.45, 2.75) is 115 Å². The van der Waals surface area contributed by atoms with Crippen LogP contribution in [-0.4, -0.2) is 105 Å². The smallest absolute Gasteiger partial charge is 0.271 e. The van der Waals surface area contributed by atoms with Crippen molar-refractivity contribution in [3.8, 4) is 17.6 Å². The zero-order valence-corrected chi connectivity index (χ0v) is 34.6. The fourth-order valence-electron chi connectivity index (χ4n) is 9.31. The molecule has 2 aromatic carbocycles. The average Bonchev–Trinajstić information content (AvgIpc) is 3.47. The standard InChI is InChI=1S/C45H50N8O8/c1-25-16-33(17-26(2)37(25)21-46)60-31-6-4-29(5-7-31)49-42(56)38-22-48-40(23-47-38)51-14-12-28(13-15-51)24-52(27(3)54)30-18-34(19-30)61-32-8-9-35-36(20-32)45(59)53(44(35)58)39-10-11-41(55)50-43(39)57/h8-9,16-17,20,22-23,28-31,34,39H,4-7,10-15,18-19,24H2,1-3H3,(H,49,56)(H,50,55,57)/t29?,30?,31?,34?,39-/m1/s1. The van der Waals surface area contributed by atoms with Crippen LogP contribution in [0.3, 0.4) is 0 Å². The van der Waals surface area contributed by atoms with Gasteiger partial charge in [-0.1, -0.05) is 0 Å². The van der Waals surface area contributed by atoms with Gasteiger partial charge in [-0.25, -0.2) is 9.97 Å². The van der Waals surface area contributed by atoms with E-state index in [4.69, 9.17) is 9.47 Å². The molecule has 4 fully saturated rings. The fourth-order valence-corrected chi connectivity index (χ4v) is 9.31. The van der Waals surface area contributed by atoms with Crippen molar-refractivity contribution in [3.05, 3.63) is 76.2 Å². The predicted octanol–water partition coefficient (Wildman–Crippen LogP) is 4.16. The number of benzene rings is 2. The summed E-state index contributed by atoms with van der Waals surface area (Å²) in [7, 11) is 0. The van der Waals surface area contributed by atoms with E-state index in [1.807, 2.05) is 30.9 Å². The molecule has 3 aromatic rings. The number of imide groups is 2. The fraction of sp³-hybridized carbons (Fsp3) is 0.489. The Balaban J connectivity index is 0.762. The average molecular weight is 831 g/mol. The zero-order chi connectivity index (χ0) is 42.9. The van der Waals surface area contributed by atoms with Crippen molar-refractivity contribution in [1.82, 2.24) is 30.4 Å². The van der Waals surface area contributed by atoms with Gasteiger partial charge in [0.05, 0.1) is 41.3 Å². The van der Waals surface area contributed by atoms with Crippen LogP contribution >= 0.6 is 0 Å². The topological polar surface area (TPSA) is 204 Å². The molecule has 2 aliphatic carbocycles. The van der Waals surface area contributed by atoms with E-state index in [-0.39, 0.29) is 65.8 Å². The van der Waals surface area contributed by atoms with Gasteiger partial charge in [0.15, 0.2) is 0 Å². The number of hydrogen-bond donors (Lipinski definition) is 2. The summed E-state index contributed by atoms with van der Waals surface area (Å²) in [6, 6.07) is 9.79. The summed E-state index contributed by atoms with van der Waals surface area (Å²) in [5, 5.41) is 14.7. The van der Waals surface area contributed by atoms with Crippen molar-refractivity contribution < 1.29 is 38.2 Å². The molecule has 0 unspecified atom stereocenters. The van der Waals surface area contributed by atoms with E-state index in [1.165, 1.54) is 18.3 Å². The number of nitriles is 1. The molecule has 1 atom stereocenters. The number of amides is 6. The normalized spacial score (nSPS) is 24.0. The zero-order valence-electron chi connectivity index (χ0n) is 34.6. The molecule has 16 nitrogen and oxygen atoms in total. The van der Waals surface area contributed by atoms with E-state index in [1.54, 1.807) is 19.2 Å². The minimum Gasteiger partial charge on any atom is -0.490 e. The predicted molar refractivity (Wildman–Crippen MR) is 220 cm³/mol. The highest BCUT2D eigenvalue weighted by molar-refractivity contribution is 6.23. The van der Waals surface area contributed by atoms with E-state index in [9.17, 15) is 34.0 Å².